The Kier molecular flexibility index (Phi) is 3.43. The summed E-state index contributed by atoms with van der Waals surface area (Å²) < 4.78 is 5.57. The molecule has 0 saturated heterocycles. The fourth-order valence-corrected chi connectivity index (χ4v) is 1.09. The van der Waals surface area contributed by atoms with E-state index in [-0.39, 0.29) is 6.10 Å². The predicted octanol–water partition coefficient (Wildman–Crippen LogP) is 3.10. The van der Waals surface area contributed by atoms with Crippen molar-refractivity contribution >= 4 is 17.3 Å². The molecule has 0 heterocycles. The Balaban J connectivity index is 2.83. The van der Waals surface area contributed by atoms with Crippen LogP contribution in [0.25, 0.3) is 0 Å². The van der Waals surface area contributed by atoms with E-state index in [9.17, 15) is 0 Å². The molecule has 13 heavy (non-hydrogen) atoms. The van der Waals surface area contributed by atoms with Crippen molar-refractivity contribution in [3.63, 3.8) is 0 Å². The highest BCUT2D eigenvalue weighted by molar-refractivity contribution is 6.33. The van der Waals surface area contributed by atoms with E-state index >= 15 is 0 Å². The summed E-state index contributed by atoms with van der Waals surface area (Å²) in [5.74, 6) is 0.668. The summed E-state index contributed by atoms with van der Waals surface area (Å²) >= 11 is 5.84. The standard InChI is InChI=1S/C10H14ClNO/c1-3-7(2)13-9-6-4-5-8(11)10(9)12/h4-7H,3,12H2,1-2H3. The number of halogens is 1. The van der Waals surface area contributed by atoms with Crippen LogP contribution in [0.5, 0.6) is 5.75 Å². The number of nitrogens with two attached hydrogens (primary N) is 1. The van der Waals surface area contributed by atoms with E-state index in [4.69, 9.17) is 22.1 Å². The van der Waals surface area contributed by atoms with Gasteiger partial charge < -0.3 is 10.5 Å². The molecular formula is C10H14ClNO. The fourth-order valence-electron chi connectivity index (χ4n) is 0.920. The van der Waals surface area contributed by atoms with E-state index in [1.165, 1.54) is 0 Å². The largest absolute Gasteiger partial charge is 0.489 e. The van der Waals surface area contributed by atoms with E-state index in [0.29, 0.717) is 16.5 Å². The number of rotatable bonds is 3. The Bertz CT molecular complexity index is 288. The molecule has 1 rings (SSSR count). The summed E-state index contributed by atoms with van der Waals surface area (Å²) in [6, 6.07) is 5.41. The molecule has 0 spiro atoms. The second kappa shape index (κ2) is 4.38. The van der Waals surface area contributed by atoms with Gasteiger partial charge in [-0.2, -0.15) is 0 Å². The number of hydrogen-bond donors (Lipinski definition) is 1. The lowest BCUT2D eigenvalue weighted by Crippen LogP contribution is -2.10. The molecule has 72 valence electrons. The summed E-state index contributed by atoms with van der Waals surface area (Å²) in [5.41, 5.74) is 6.25. The van der Waals surface area contributed by atoms with Crippen LogP contribution >= 0.6 is 11.6 Å². The third-order valence-corrected chi connectivity index (χ3v) is 2.25. The number of para-hydroxylation sites is 1. The number of anilines is 1. The SMILES string of the molecule is CCC(C)Oc1cccc(Cl)c1N. The maximum atomic E-state index is 5.84. The zero-order valence-electron chi connectivity index (χ0n) is 7.88. The van der Waals surface area contributed by atoms with Gasteiger partial charge in [0, 0.05) is 0 Å². The highest BCUT2D eigenvalue weighted by Crippen LogP contribution is 2.29. The van der Waals surface area contributed by atoms with Crippen LogP contribution in [-0.2, 0) is 0 Å². The topological polar surface area (TPSA) is 35.2 Å². The van der Waals surface area contributed by atoms with Crippen molar-refractivity contribution in [1.82, 2.24) is 0 Å². The zero-order valence-corrected chi connectivity index (χ0v) is 8.64. The summed E-state index contributed by atoms with van der Waals surface area (Å²) in [6.07, 6.45) is 1.12. The summed E-state index contributed by atoms with van der Waals surface area (Å²) in [4.78, 5) is 0. The number of ether oxygens (including phenoxy) is 1. The lowest BCUT2D eigenvalue weighted by atomic mass is 10.2. The van der Waals surface area contributed by atoms with Gasteiger partial charge in [-0.25, -0.2) is 0 Å². The summed E-state index contributed by atoms with van der Waals surface area (Å²) in [5, 5.41) is 0.542. The van der Waals surface area contributed by atoms with Crippen LogP contribution in [0.1, 0.15) is 20.3 Å². The Morgan fingerprint density at radius 2 is 2.23 bits per heavy atom. The molecule has 0 aliphatic rings. The molecule has 0 amide bonds. The molecule has 1 aromatic rings. The molecule has 1 unspecified atom stereocenters. The van der Waals surface area contributed by atoms with Crippen molar-refractivity contribution in [3.8, 4) is 5.75 Å². The molecule has 0 radical (unpaired) electrons. The molecule has 0 aromatic heterocycles. The van der Waals surface area contributed by atoms with Gasteiger partial charge in [0.05, 0.1) is 16.8 Å². The molecule has 1 aromatic carbocycles. The van der Waals surface area contributed by atoms with Gasteiger partial charge in [0.25, 0.3) is 0 Å². The van der Waals surface area contributed by atoms with Gasteiger partial charge in [-0.15, -0.1) is 0 Å². The molecule has 0 aliphatic carbocycles. The molecule has 2 nitrogen and oxygen atoms in total. The van der Waals surface area contributed by atoms with E-state index in [0.717, 1.165) is 6.42 Å². The van der Waals surface area contributed by atoms with Crippen LogP contribution in [0, 0.1) is 0 Å². The van der Waals surface area contributed by atoms with Crippen LogP contribution in [-0.4, -0.2) is 6.10 Å². The molecule has 0 aliphatic heterocycles. The number of nitrogen functional groups attached to an aromatic ring is 1. The minimum Gasteiger partial charge on any atom is -0.489 e. The van der Waals surface area contributed by atoms with Crippen molar-refractivity contribution in [2.75, 3.05) is 5.73 Å². The number of hydrogen-bond acceptors (Lipinski definition) is 2. The molecular weight excluding hydrogens is 186 g/mol. The zero-order chi connectivity index (χ0) is 9.84. The van der Waals surface area contributed by atoms with E-state index in [1.54, 1.807) is 6.07 Å². The molecule has 3 heteroatoms. The Labute approximate surface area is 83.6 Å². The Hall–Kier alpha value is -0.890. The summed E-state index contributed by atoms with van der Waals surface area (Å²) in [7, 11) is 0. The van der Waals surface area contributed by atoms with Crippen LogP contribution in [0.15, 0.2) is 18.2 Å². The van der Waals surface area contributed by atoms with Crippen molar-refractivity contribution in [2.45, 2.75) is 26.4 Å². The Morgan fingerprint density at radius 3 is 2.85 bits per heavy atom. The van der Waals surface area contributed by atoms with Crippen LogP contribution in [0.3, 0.4) is 0 Å². The van der Waals surface area contributed by atoms with Gasteiger partial charge in [0.1, 0.15) is 5.75 Å². The first-order valence-electron chi connectivity index (χ1n) is 4.35. The van der Waals surface area contributed by atoms with Gasteiger partial charge in [0.2, 0.25) is 0 Å². The highest BCUT2D eigenvalue weighted by atomic mass is 35.5. The van der Waals surface area contributed by atoms with E-state index in [1.807, 2.05) is 19.1 Å². The van der Waals surface area contributed by atoms with Crippen LogP contribution < -0.4 is 10.5 Å². The normalized spacial score (nSPS) is 12.5. The maximum Gasteiger partial charge on any atom is 0.144 e. The first-order chi connectivity index (χ1) is 6.15. The smallest absolute Gasteiger partial charge is 0.144 e. The fraction of sp³-hybridized carbons (Fsp3) is 0.400. The molecule has 0 bridgehead atoms. The third-order valence-electron chi connectivity index (χ3n) is 1.92. The summed E-state index contributed by atoms with van der Waals surface area (Å²) in [6.45, 7) is 4.06. The third kappa shape index (κ3) is 2.52. The van der Waals surface area contributed by atoms with Gasteiger partial charge in [-0.05, 0) is 25.5 Å². The van der Waals surface area contributed by atoms with Gasteiger partial charge in [-0.1, -0.05) is 24.6 Å². The molecule has 2 N–H and O–H groups in total. The predicted molar refractivity (Wildman–Crippen MR) is 56.2 cm³/mol. The van der Waals surface area contributed by atoms with Crippen molar-refractivity contribution in [1.29, 1.82) is 0 Å². The minimum absolute atomic E-state index is 0.167. The minimum atomic E-state index is 0.167. The maximum absolute atomic E-state index is 5.84. The second-order valence-electron chi connectivity index (χ2n) is 2.99. The van der Waals surface area contributed by atoms with Gasteiger partial charge >= 0.3 is 0 Å². The van der Waals surface area contributed by atoms with E-state index < -0.39 is 0 Å². The quantitative estimate of drug-likeness (QED) is 0.760. The lowest BCUT2D eigenvalue weighted by molar-refractivity contribution is 0.219. The van der Waals surface area contributed by atoms with Crippen LogP contribution in [0.2, 0.25) is 5.02 Å². The second-order valence-corrected chi connectivity index (χ2v) is 3.40. The van der Waals surface area contributed by atoms with E-state index in [2.05, 4.69) is 6.92 Å². The monoisotopic (exact) mass is 199 g/mol. The Morgan fingerprint density at radius 1 is 1.54 bits per heavy atom. The van der Waals surface area contributed by atoms with Crippen LogP contribution in [0.4, 0.5) is 5.69 Å². The molecule has 1 atom stereocenters. The first-order valence-corrected chi connectivity index (χ1v) is 4.73. The lowest BCUT2D eigenvalue weighted by Gasteiger charge is -2.14. The van der Waals surface area contributed by atoms with Crippen molar-refractivity contribution < 1.29 is 4.74 Å². The molecule has 0 saturated carbocycles. The average molecular weight is 200 g/mol. The average Bonchev–Trinajstić information content (AvgIpc) is 2.13. The van der Waals surface area contributed by atoms with Gasteiger partial charge in [0.15, 0.2) is 0 Å². The molecule has 0 fully saturated rings. The highest BCUT2D eigenvalue weighted by Gasteiger charge is 2.06. The number of benzene rings is 1. The van der Waals surface area contributed by atoms with Gasteiger partial charge in [-0.3, -0.25) is 0 Å². The van der Waals surface area contributed by atoms with Crippen molar-refractivity contribution in [2.24, 2.45) is 0 Å². The van der Waals surface area contributed by atoms with Crippen molar-refractivity contribution in [3.05, 3.63) is 23.2 Å². The first kappa shape index (κ1) is 10.2.